The first-order valence-electron chi connectivity index (χ1n) is 11.9. The Balaban J connectivity index is 1.41. The molecule has 1 saturated heterocycles. The zero-order valence-electron chi connectivity index (χ0n) is 18.9. The molecule has 0 saturated carbocycles. The fourth-order valence-electron chi connectivity index (χ4n) is 8.21. The number of carbonyl (C=O) groups is 1. The number of aromatic nitrogens is 1. The third kappa shape index (κ3) is 1.69. The summed E-state index contributed by atoms with van der Waals surface area (Å²) >= 11 is 1.75. The molecule has 32 heavy (non-hydrogen) atoms. The van der Waals surface area contributed by atoms with E-state index in [1.165, 1.54) is 32.6 Å². The lowest BCUT2D eigenvalue weighted by Crippen LogP contribution is -2.56. The highest BCUT2D eigenvalue weighted by atomic mass is 32.1. The molecule has 1 fully saturated rings. The summed E-state index contributed by atoms with van der Waals surface area (Å²) in [6.45, 7) is 8.95. The molecule has 2 bridgehead atoms. The molecule has 0 amide bonds. The zero-order valence-corrected chi connectivity index (χ0v) is 19.7. The number of benzene rings is 1. The van der Waals surface area contributed by atoms with Crippen molar-refractivity contribution in [1.29, 1.82) is 0 Å². The van der Waals surface area contributed by atoms with Crippen LogP contribution in [0.5, 0.6) is 0 Å². The third-order valence-electron chi connectivity index (χ3n) is 9.88. The van der Waals surface area contributed by atoms with Crippen molar-refractivity contribution in [3.8, 4) is 0 Å². The van der Waals surface area contributed by atoms with Crippen LogP contribution >= 0.6 is 11.3 Å². The van der Waals surface area contributed by atoms with Gasteiger partial charge in [0.05, 0.1) is 4.88 Å². The Morgan fingerprint density at radius 2 is 1.88 bits per heavy atom. The summed E-state index contributed by atoms with van der Waals surface area (Å²) in [5.41, 5.74) is 5.98. The van der Waals surface area contributed by atoms with Crippen molar-refractivity contribution < 1.29 is 14.3 Å². The molecule has 1 N–H and O–H groups in total. The lowest BCUT2D eigenvalue weighted by Gasteiger charge is -2.56. The van der Waals surface area contributed by atoms with E-state index >= 15 is 0 Å². The van der Waals surface area contributed by atoms with Crippen LogP contribution in [-0.4, -0.2) is 22.5 Å². The number of ketones is 1. The molecule has 4 heterocycles. The first-order chi connectivity index (χ1) is 15.2. The number of thiophene rings is 1. The van der Waals surface area contributed by atoms with Crippen LogP contribution < -0.4 is 0 Å². The summed E-state index contributed by atoms with van der Waals surface area (Å²) in [4.78, 5) is 19.7. The Morgan fingerprint density at radius 1 is 1.06 bits per heavy atom. The van der Waals surface area contributed by atoms with Crippen molar-refractivity contribution in [1.82, 2.24) is 4.98 Å². The molecule has 4 nitrogen and oxygen atoms in total. The maximum Gasteiger partial charge on any atom is 0.205 e. The molecule has 5 aliphatic rings. The Kier molecular flexibility index (Phi) is 2.94. The number of nitrogens with one attached hydrogen (secondary N) is 1. The van der Waals surface area contributed by atoms with Crippen LogP contribution in [0.2, 0.25) is 0 Å². The molecule has 1 spiro atoms. The molecule has 2 aliphatic heterocycles. The molecular formula is C27H27NO3S. The topological polar surface area (TPSA) is 51.3 Å². The van der Waals surface area contributed by atoms with Crippen LogP contribution in [0.4, 0.5) is 0 Å². The van der Waals surface area contributed by atoms with Gasteiger partial charge in [-0.15, -0.1) is 11.3 Å². The van der Waals surface area contributed by atoms with E-state index in [9.17, 15) is 4.79 Å². The summed E-state index contributed by atoms with van der Waals surface area (Å²) in [7, 11) is 0. The average molecular weight is 446 g/mol. The van der Waals surface area contributed by atoms with Crippen LogP contribution in [-0.2, 0) is 38.9 Å². The van der Waals surface area contributed by atoms with Gasteiger partial charge in [0.25, 0.3) is 0 Å². The molecule has 1 aromatic carbocycles. The van der Waals surface area contributed by atoms with E-state index in [2.05, 4.69) is 43.1 Å². The van der Waals surface area contributed by atoms with Crippen molar-refractivity contribution in [2.24, 2.45) is 5.92 Å². The normalized spacial score (nSPS) is 39.8. The quantitative estimate of drug-likeness (QED) is 0.496. The average Bonchev–Trinajstić information content (AvgIpc) is 3.45. The van der Waals surface area contributed by atoms with E-state index in [1.54, 1.807) is 11.3 Å². The molecule has 3 aliphatic carbocycles. The van der Waals surface area contributed by atoms with Gasteiger partial charge in [-0.2, -0.15) is 0 Å². The second-order valence-electron chi connectivity index (χ2n) is 11.6. The van der Waals surface area contributed by atoms with Gasteiger partial charge in [-0.25, -0.2) is 0 Å². The number of rotatable bonds is 0. The number of hydrogen-bond acceptors (Lipinski definition) is 4. The third-order valence-corrected chi connectivity index (χ3v) is 11.1. The number of aromatic amines is 1. The lowest BCUT2D eigenvalue weighted by molar-refractivity contribution is -0.210. The molecule has 1 unspecified atom stereocenters. The maximum atomic E-state index is 13.5. The molecule has 5 atom stereocenters. The molecule has 3 aromatic rings. The first-order valence-corrected chi connectivity index (χ1v) is 12.7. The number of hydrogen-bond donors (Lipinski definition) is 1. The largest absolute Gasteiger partial charge is 0.358 e. The minimum absolute atomic E-state index is 0.00117. The van der Waals surface area contributed by atoms with E-state index in [1.807, 2.05) is 13.8 Å². The summed E-state index contributed by atoms with van der Waals surface area (Å²) in [5, 5.41) is 1.38. The summed E-state index contributed by atoms with van der Waals surface area (Å²) in [5.74, 6) is -0.0690. The number of fused-ring (bicyclic) bond motifs is 7. The molecular weight excluding hydrogens is 418 g/mol. The maximum absolute atomic E-state index is 13.5. The molecule has 0 radical (unpaired) electrons. The van der Waals surface area contributed by atoms with Crippen LogP contribution in [0.15, 0.2) is 24.3 Å². The SMILES string of the molecule is CC1(C)O[C@@]23CCC4(C)c5c(sc(c52)C(=O)[C@@H]1O3)C[C@H]1Cc2c([nH]c3ccccc23)[C@@]14C. The van der Waals surface area contributed by atoms with Gasteiger partial charge in [0, 0.05) is 44.3 Å². The number of H-pyrrole nitrogens is 1. The first kappa shape index (κ1) is 18.5. The van der Waals surface area contributed by atoms with Gasteiger partial charge < -0.3 is 14.5 Å². The monoisotopic (exact) mass is 445 g/mol. The van der Waals surface area contributed by atoms with Crippen LogP contribution in [0.1, 0.15) is 77.5 Å². The number of carbonyl (C=O) groups excluding carboxylic acids is 1. The van der Waals surface area contributed by atoms with Crippen LogP contribution in [0, 0.1) is 5.92 Å². The van der Waals surface area contributed by atoms with Gasteiger partial charge >= 0.3 is 0 Å². The van der Waals surface area contributed by atoms with Crippen molar-refractivity contribution >= 4 is 28.0 Å². The second-order valence-corrected chi connectivity index (χ2v) is 12.7. The van der Waals surface area contributed by atoms with Crippen LogP contribution in [0.3, 0.4) is 0 Å². The molecule has 164 valence electrons. The van der Waals surface area contributed by atoms with E-state index < -0.39 is 17.5 Å². The lowest BCUT2D eigenvalue weighted by atomic mass is 9.49. The summed E-state index contributed by atoms with van der Waals surface area (Å²) in [6, 6.07) is 8.74. The summed E-state index contributed by atoms with van der Waals surface area (Å²) < 4.78 is 13.1. The van der Waals surface area contributed by atoms with E-state index in [0.717, 1.165) is 36.1 Å². The van der Waals surface area contributed by atoms with E-state index in [4.69, 9.17) is 9.47 Å². The predicted molar refractivity (Wildman–Crippen MR) is 123 cm³/mol. The highest BCUT2D eigenvalue weighted by molar-refractivity contribution is 7.14. The molecule has 5 heteroatoms. The zero-order chi connectivity index (χ0) is 21.8. The Bertz CT molecular complexity index is 1400. The van der Waals surface area contributed by atoms with E-state index in [-0.39, 0.29) is 16.6 Å². The van der Waals surface area contributed by atoms with E-state index in [0.29, 0.717) is 5.92 Å². The predicted octanol–water partition coefficient (Wildman–Crippen LogP) is 5.51. The van der Waals surface area contributed by atoms with Crippen molar-refractivity contribution in [3.63, 3.8) is 0 Å². The van der Waals surface area contributed by atoms with Gasteiger partial charge in [0.2, 0.25) is 5.78 Å². The highest BCUT2D eigenvalue weighted by Crippen LogP contribution is 2.69. The van der Waals surface area contributed by atoms with Gasteiger partial charge in [0.15, 0.2) is 11.9 Å². The Labute approximate surface area is 191 Å². The van der Waals surface area contributed by atoms with Crippen LogP contribution in [0.25, 0.3) is 10.9 Å². The molecule has 8 rings (SSSR count). The van der Waals surface area contributed by atoms with Crippen molar-refractivity contribution in [2.45, 2.75) is 81.7 Å². The highest BCUT2D eigenvalue weighted by Gasteiger charge is 2.70. The van der Waals surface area contributed by atoms with Crippen molar-refractivity contribution in [3.05, 3.63) is 56.4 Å². The fourth-order valence-corrected chi connectivity index (χ4v) is 9.73. The van der Waals surface area contributed by atoms with Gasteiger partial charge in [-0.05, 0) is 56.2 Å². The smallest absolute Gasteiger partial charge is 0.205 e. The minimum Gasteiger partial charge on any atom is -0.358 e. The number of ether oxygens (including phenoxy) is 2. The number of Topliss-reactive ketones (excluding diaryl/α,β-unsaturated/α-hetero) is 1. The minimum atomic E-state index is -0.744. The Morgan fingerprint density at radius 3 is 2.72 bits per heavy atom. The molecule has 2 aromatic heterocycles. The standard InChI is InChI=1S/C27H27NO3S/c1-24(2)23-20(29)21-19-18-17(32-21)12-13-11-15-14-7-5-6-8-16(14)28-22(15)26(13,4)25(18,3)9-10-27(19,30-23)31-24/h5-8,13,23,28H,9-12H2,1-4H3/t13-,23+,25?,26-,27+/m1/s1. The summed E-state index contributed by atoms with van der Waals surface area (Å²) in [6.07, 6.45) is 3.46. The second kappa shape index (κ2) is 5.08. The van der Waals surface area contributed by atoms with Gasteiger partial charge in [-0.1, -0.05) is 32.0 Å². The van der Waals surface area contributed by atoms with Crippen molar-refractivity contribution in [2.75, 3.05) is 0 Å². The number of para-hydroxylation sites is 1. The van der Waals surface area contributed by atoms with Gasteiger partial charge in [-0.3, -0.25) is 4.79 Å². The fraction of sp³-hybridized carbons (Fsp3) is 0.519. The Hall–Kier alpha value is -1.95. The van der Waals surface area contributed by atoms with Gasteiger partial charge in [0.1, 0.15) is 5.60 Å².